The van der Waals surface area contributed by atoms with E-state index in [9.17, 15) is 4.79 Å². The van der Waals surface area contributed by atoms with Crippen molar-refractivity contribution < 1.29 is 19.1 Å². The van der Waals surface area contributed by atoms with Crippen LogP contribution in [-0.2, 0) is 14.3 Å². The molecule has 0 aromatic rings. The highest BCUT2D eigenvalue weighted by Gasteiger charge is 2.30. The maximum atomic E-state index is 11.8. The quantitative estimate of drug-likeness (QED) is 0.733. The van der Waals surface area contributed by atoms with Gasteiger partial charge in [0.05, 0.1) is 13.2 Å². The maximum Gasteiger partial charge on any atom is 0.410 e. The summed E-state index contributed by atoms with van der Waals surface area (Å²) in [6, 6.07) is 0. The summed E-state index contributed by atoms with van der Waals surface area (Å²) in [5.41, 5.74) is -0.485. The van der Waals surface area contributed by atoms with Crippen molar-refractivity contribution in [1.29, 1.82) is 0 Å². The van der Waals surface area contributed by atoms with E-state index in [1.807, 2.05) is 27.7 Å². The number of amides is 1. The predicted octanol–water partition coefficient (Wildman–Crippen LogP) is 0.901. The van der Waals surface area contributed by atoms with E-state index in [2.05, 4.69) is 0 Å². The fourth-order valence-electron chi connectivity index (χ4n) is 1.54. The van der Waals surface area contributed by atoms with Crippen molar-refractivity contribution in [3.05, 3.63) is 0 Å². The van der Waals surface area contributed by atoms with E-state index in [1.165, 1.54) is 0 Å². The Balaban J connectivity index is 2.52. The van der Waals surface area contributed by atoms with Gasteiger partial charge in [-0.2, -0.15) is 0 Å². The fraction of sp³-hybridized carbons (Fsp3) is 0.909. The van der Waals surface area contributed by atoms with Gasteiger partial charge in [0.2, 0.25) is 0 Å². The van der Waals surface area contributed by atoms with Crippen LogP contribution in [0.2, 0.25) is 0 Å². The molecule has 1 saturated heterocycles. The van der Waals surface area contributed by atoms with Crippen LogP contribution in [0.4, 0.5) is 4.79 Å². The Hall–Kier alpha value is -0.850. The van der Waals surface area contributed by atoms with E-state index >= 15 is 0 Å². The van der Waals surface area contributed by atoms with Gasteiger partial charge in [-0.15, -0.1) is 0 Å². The second-order valence-corrected chi connectivity index (χ2v) is 5.18. The lowest BCUT2D eigenvalue weighted by molar-refractivity contribution is -0.106. The zero-order valence-electron chi connectivity index (χ0n) is 10.9. The second-order valence-electron chi connectivity index (χ2n) is 5.18. The second kappa shape index (κ2) is 5.66. The Morgan fingerprint density at radius 1 is 1.53 bits per heavy atom. The number of carbonyl (C=O) groups excluding carboxylic acids is 1. The lowest BCUT2D eigenvalue weighted by Crippen LogP contribution is -2.51. The summed E-state index contributed by atoms with van der Waals surface area (Å²) in [6.45, 7) is 8.77. The van der Waals surface area contributed by atoms with Crippen molar-refractivity contribution in [3.8, 4) is 0 Å². The Kier molecular flexibility index (Phi) is 4.73. The van der Waals surface area contributed by atoms with Crippen LogP contribution in [0.25, 0.3) is 0 Å². The lowest BCUT2D eigenvalue weighted by Gasteiger charge is -2.35. The Morgan fingerprint density at radius 2 is 2.18 bits per heavy atom. The topological polar surface area (TPSA) is 74.0 Å². The summed E-state index contributed by atoms with van der Waals surface area (Å²) in [4.78, 5) is 18.2. The summed E-state index contributed by atoms with van der Waals surface area (Å²) >= 11 is 0. The number of ether oxygens (including phenoxy) is 2. The molecule has 0 aliphatic carbocycles. The minimum atomic E-state index is -0.485. The Bertz CT molecular complexity index is 265. The average molecular weight is 246 g/mol. The molecule has 1 heterocycles. The Morgan fingerprint density at radius 3 is 2.71 bits per heavy atom. The van der Waals surface area contributed by atoms with Gasteiger partial charge in [0.15, 0.2) is 0 Å². The van der Waals surface area contributed by atoms with E-state index in [1.54, 1.807) is 4.90 Å². The molecule has 1 aliphatic rings. The number of carbonyl (C=O) groups is 1. The van der Waals surface area contributed by atoms with E-state index in [4.69, 9.17) is 20.2 Å². The van der Waals surface area contributed by atoms with Gasteiger partial charge in [-0.25, -0.2) is 10.7 Å². The molecular weight excluding hydrogens is 224 g/mol. The van der Waals surface area contributed by atoms with Crippen LogP contribution in [0.5, 0.6) is 0 Å². The van der Waals surface area contributed by atoms with Crippen LogP contribution in [0.15, 0.2) is 0 Å². The van der Waals surface area contributed by atoms with Gasteiger partial charge in [0.1, 0.15) is 17.8 Å². The first kappa shape index (κ1) is 14.2. The van der Waals surface area contributed by atoms with Crippen molar-refractivity contribution in [2.75, 3.05) is 19.7 Å². The highest BCUT2D eigenvalue weighted by Crippen LogP contribution is 2.15. The highest BCUT2D eigenvalue weighted by molar-refractivity contribution is 5.68. The largest absolute Gasteiger partial charge is 0.444 e. The molecule has 0 spiro atoms. The minimum Gasteiger partial charge on any atom is -0.444 e. The molecule has 100 valence electrons. The third-order valence-corrected chi connectivity index (χ3v) is 2.48. The van der Waals surface area contributed by atoms with Gasteiger partial charge in [-0.05, 0) is 27.7 Å². The van der Waals surface area contributed by atoms with E-state index < -0.39 is 5.60 Å². The first-order valence-corrected chi connectivity index (χ1v) is 5.78. The monoisotopic (exact) mass is 246 g/mol. The zero-order valence-corrected chi connectivity index (χ0v) is 10.9. The molecule has 0 radical (unpaired) electrons. The molecule has 1 fully saturated rings. The molecule has 17 heavy (non-hydrogen) atoms. The van der Waals surface area contributed by atoms with E-state index in [-0.39, 0.29) is 18.3 Å². The standard InChI is InChI=1S/C11H22N2O4/c1-8(17-12)9-7-13(5-6-15-9)10(14)16-11(2,3)4/h8-9H,5-7,12H2,1-4H3. The van der Waals surface area contributed by atoms with Gasteiger partial charge < -0.3 is 14.4 Å². The fourth-order valence-corrected chi connectivity index (χ4v) is 1.54. The summed E-state index contributed by atoms with van der Waals surface area (Å²) in [6.07, 6.45) is -0.781. The molecule has 6 nitrogen and oxygen atoms in total. The third kappa shape index (κ3) is 4.49. The van der Waals surface area contributed by atoms with E-state index in [0.29, 0.717) is 19.7 Å². The number of hydrogen-bond acceptors (Lipinski definition) is 5. The van der Waals surface area contributed by atoms with Crippen LogP contribution in [0.3, 0.4) is 0 Å². The van der Waals surface area contributed by atoms with Crippen molar-refractivity contribution in [2.45, 2.75) is 45.5 Å². The molecule has 2 N–H and O–H groups in total. The van der Waals surface area contributed by atoms with Crippen molar-refractivity contribution in [2.24, 2.45) is 5.90 Å². The third-order valence-electron chi connectivity index (χ3n) is 2.48. The van der Waals surface area contributed by atoms with E-state index in [0.717, 1.165) is 0 Å². The molecular formula is C11H22N2O4. The number of nitrogens with zero attached hydrogens (tertiary/aromatic N) is 1. The molecule has 1 rings (SSSR count). The average Bonchev–Trinajstić information content (AvgIpc) is 2.26. The van der Waals surface area contributed by atoms with Gasteiger partial charge in [0, 0.05) is 6.54 Å². The number of rotatable bonds is 2. The Labute approximate surface area is 102 Å². The van der Waals surface area contributed by atoms with Crippen LogP contribution in [-0.4, -0.2) is 48.5 Å². The minimum absolute atomic E-state index is 0.207. The number of nitrogens with two attached hydrogens (primary N) is 1. The summed E-state index contributed by atoms with van der Waals surface area (Å²) in [7, 11) is 0. The lowest BCUT2D eigenvalue weighted by atomic mass is 10.2. The zero-order chi connectivity index (χ0) is 13.1. The molecule has 0 aromatic heterocycles. The molecule has 0 aromatic carbocycles. The maximum absolute atomic E-state index is 11.8. The van der Waals surface area contributed by atoms with Gasteiger partial charge >= 0.3 is 6.09 Å². The van der Waals surface area contributed by atoms with Crippen LogP contribution in [0.1, 0.15) is 27.7 Å². The van der Waals surface area contributed by atoms with Gasteiger partial charge in [-0.3, -0.25) is 4.84 Å². The molecule has 0 bridgehead atoms. The van der Waals surface area contributed by atoms with Gasteiger partial charge in [0.25, 0.3) is 0 Å². The molecule has 1 amide bonds. The predicted molar refractivity (Wildman–Crippen MR) is 62.3 cm³/mol. The highest BCUT2D eigenvalue weighted by atomic mass is 16.6. The first-order valence-electron chi connectivity index (χ1n) is 5.78. The number of morpholine rings is 1. The van der Waals surface area contributed by atoms with Crippen molar-refractivity contribution in [1.82, 2.24) is 4.90 Å². The van der Waals surface area contributed by atoms with Crippen LogP contribution < -0.4 is 5.90 Å². The number of hydrogen-bond donors (Lipinski definition) is 1. The summed E-state index contributed by atoms with van der Waals surface area (Å²) in [5.74, 6) is 5.11. The smallest absolute Gasteiger partial charge is 0.410 e. The van der Waals surface area contributed by atoms with Gasteiger partial charge in [-0.1, -0.05) is 0 Å². The normalized spacial score (nSPS) is 23.4. The van der Waals surface area contributed by atoms with Crippen molar-refractivity contribution >= 4 is 6.09 Å². The molecule has 6 heteroatoms. The molecule has 1 aliphatic heterocycles. The molecule has 2 atom stereocenters. The first-order chi connectivity index (χ1) is 7.83. The van der Waals surface area contributed by atoms with Crippen LogP contribution in [0, 0.1) is 0 Å². The molecule has 2 unspecified atom stereocenters. The van der Waals surface area contributed by atoms with Crippen molar-refractivity contribution in [3.63, 3.8) is 0 Å². The summed E-state index contributed by atoms with van der Waals surface area (Å²) in [5, 5.41) is 0. The SMILES string of the molecule is CC(ON)C1CN(C(=O)OC(C)(C)C)CCO1. The molecule has 0 saturated carbocycles. The summed E-state index contributed by atoms with van der Waals surface area (Å²) < 4.78 is 10.8. The van der Waals surface area contributed by atoms with Crippen LogP contribution >= 0.6 is 0 Å².